The van der Waals surface area contributed by atoms with Crippen molar-refractivity contribution in [1.82, 2.24) is 37.2 Å². The van der Waals surface area contributed by atoms with Crippen LogP contribution in [0.15, 0.2) is 9.98 Å². The number of carbonyl (C=O) groups is 10. The zero-order chi connectivity index (χ0) is 47.4. The van der Waals surface area contributed by atoms with Crippen LogP contribution >= 0.6 is 11.8 Å². The molecule has 0 bridgehead atoms. The van der Waals surface area contributed by atoms with E-state index in [0.29, 0.717) is 6.42 Å². The summed E-state index contributed by atoms with van der Waals surface area (Å²) in [6, 6.07) is -8.53. The van der Waals surface area contributed by atoms with E-state index in [1.54, 1.807) is 6.26 Å². The van der Waals surface area contributed by atoms with Crippen LogP contribution in [0.1, 0.15) is 77.6 Å². The first kappa shape index (κ1) is 55.6. The lowest BCUT2D eigenvalue weighted by molar-refractivity contribution is -0.140. The minimum absolute atomic E-state index is 0.0378. The summed E-state index contributed by atoms with van der Waals surface area (Å²) in [5, 5.41) is 35.7. The van der Waals surface area contributed by atoms with E-state index in [9.17, 15) is 53.1 Å². The highest BCUT2D eigenvalue weighted by Crippen LogP contribution is 2.09. The molecule has 27 heteroatoms. The number of thioether (sulfide) groups is 1. The summed E-state index contributed by atoms with van der Waals surface area (Å²) in [7, 11) is 1.47. The van der Waals surface area contributed by atoms with Gasteiger partial charge in [-0.15, -0.1) is 0 Å². The summed E-state index contributed by atoms with van der Waals surface area (Å²) in [6.45, 7) is 1.40. The summed E-state index contributed by atoms with van der Waals surface area (Å²) in [6.07, 6.45) is -0.734. The zero-order valence-electron chi connectivity index (χ0n) is 35.0. The molecule has 0 saturated carbocycles. The molecule has 0 aromatic carbocycles. The minimum Gasteiger partial charge on any atom is -0.481 e. The molecular formula is C35H62N14O12S. The normalized spacial score (nSPS) is 13.9. The monoisotopic (exact) mass is 902 g/mol. The summed E-state index contributed by atoms with van der Waals surface area (Å²) in [5.41, 5.74) is 27.3. The molecule has 0 heterocycles. The topological polar surface area (TPSA) is 450 Å². The fourth-order valence-corrected chi connectivity index (χ4v) is 5.87. The van der Waals surface area contributed by atoms with Crippen molar-refractivity contribution < 1.29 is 58.2 Å². The maximum Gasteiger partial charge on any atom is 0.303 e. The number of aliphatic carboxylic acids is 2. The van der Waals surface area contributed by atoms with Gasteiger partial charge < -0.3 is 76.1 Å². The van der Waals surface area contributed by atoms with Gasteiger partial charge in [0.15, 0.2) is 11.9 Å². The van der Waals surface area contributed by atoms with Gasteiger partial charge in [-0.1, -0.05) is 0 Å². The molecule has 6 unspecified atom stereocenters. The van der Waals surface area contributed by atoms with Crippen molar-refractivity contribution in [1.29, 1.82) is 0 Å². The van der Waals surface area contributed by atoms with Gasteiger partial charge in [-0.3, -0.25) is 57.9 Å². The predicted molar refractivity (Wildman–Crippen MR) is 226 cm³/mol. The summed E-state index contributed by atoms with van der Waals surface area (Å²) in [5.74, 6) is -9.63. The third-order valence-corrected chi connectivity index (χ3v) is 9.28. The number of nitrogens with two attached hydrogens (primary N) is 5. The van der Waals surface area contributed by atoms with Gasteiger partial charge in [0, 0.05) is 46.3 Å². The fourth-order valence-electron chi connectivity index (χ4n) is 5.40. The van der Waals surface area contributed by atoms with E-state index in [4.69, 9.17) is 33.8 Å². The van der Waals surface area contributed by atoms with E-state index >= 15 is 0 Å². The van der Waals surface area contributed by atoms with E-state index in [2.05, 4.69) is 47.2 Å². The van der Waals surface area contributed by atoms with Crippen molar-refractivity contribution in [3.63, 3.8) is 0 Å². The van der Waals surface area contributed by atoms with Gasteiger partial charge in [-0.25, -0.2) is 0 Å². The molecule has 0 rings (SSSR count). The third-order valence-electron chi connectivity index (χ3n) is 8.63. The molecule has 0 fully saturated rings. The second-order valence-electron chi connectivity index (χ2n) is 13.7. The van der Waals surface area contributed by atoms with Crippen molar-refractivity contribution in [2.75, 3.05) is 32.1 Å². The van der Waals surface area contributed by atoms with Crippen molar-refractivity contribution in [2.24, 2.45) is 38.7 Å². The molecule has 8 amide bonds. The van der Waals surface area contributed by atoms with Crippen LogP contribution in [-0.2, 0) is 47.9 Å². The number of guanidine groups is 2. The number of hydrogen-bond acceptors (Lipinski definition) is 13. The van der Waals surface area contributed by atoms with Crippen LogP contribution in [0.2, 0.25) is 0 Å². The fraction of sp³-hybridized carbons (Fsp3) is 0.657. The third kappa shape index (κ3) is 25.3. The molecule has 0 aromatic heterocycles. The first-order valence-corrected chi connectivity index (χ1v) is 20.8. The van der Waals surface area contributed by atoms with Gasteiger partial charge in [0.25, 0.3) is 0 Å². The predicted octanol–water partition coefficient (Wildman–Crippen LogP) is -5.48. The van der Waals surface area contributed by atoms with Crippen molar-refractivity contribution in [2.45, 2.75) is 114 Å². The van der Waals surface area contributed by atoms with Gasteiger partial charge in [0.2, 0.25) is 47.3 Å². The molecule has 6 atom stereocenters. The first-order valence-electron chi connectivity index (χ1n) is 19.4. The van der Waals surface area contributed by atoms with Crippen LogP contribution in [0.5, 0.6) is 0 Å². The number of carboxylic acid groups (broad SMARTS) is 2. The van der Waals surface area contributed by atoms with Crippen molar-refractivity contribution in [3.05, 3.63) is 0 Å². The van der Waals surface area contributed by atoms with E-state index in [1.165, 1.54) is 18.8 Å². The molecule has 26 nitrogen and oxygen atoms in total. The lowest BCUT2D eigenvalue weighted by atomic mass is 10.0. The summed E-state index contributed by atoms with van der Waals surface area (Å²) in [4.78, 5) is 134. The number of primary amides is 2. The molecule has 350 valence electrons. The highest BCUT2D eigenvalue weighted by Gasteiger charge is 2.33. The Labute approximate surface area is 362 Å². The molecular weight excluding hydrogens is 841 g/mol. The molecule has 0 aromatic rings. The molecule has 0 aliphatic heterocycles. The number of hydrogen-bond donors (Lipinski definition) is 14. The van der Waals surface area contributed by atoms with Gasteiger partial charge in [-0.2, -0.15) is 11.8 Å². The van der Waals surface area contributed by atoms with E-state index in [0.717, 1.165) is 6.92 Å². The molecule has 19 N–H and O–H groups in total. The van der Waals surface area contributed by atoms with Gasteiger partial charge in [-0.05, 0) is 63.4 Å². The van der Waals surface area contributed by atoms with Crippen LogP contribution in [0.4, 0.5) is 0 Å². The first-order chi connectivity index (χ1) is 29.1. The Bertz CT molecular complexity index is 1630. The average molecular weight is 903 g/mol. The van der Waals surface area contributed by atoms with E-state index < -0.39 is 121 Å². The van der Waals surface area contributed by atoms with Crippen molar-refractivity contribution >= 4 is 82.9 Å². The van der Waals surface area contributed by atoms with E-state index in [1.807, 2.05) is 0 Å². The summed E-state index contributed by atoms with van der Waals surface area (Å²) >= 11 is 1.28. The minimum atomic E-state index is -1.60. The number of rotatable bonds is 32. The Hall–Kier alpha value is -6.41. The van der Waals surface area contributed by atoms with Gasteiger partial charge in [0.1, 0.15) is 36.3 Å². The molecule has 0 spiro atoms. The average Bonchev–Trinajstić information content (AvgIpc) is 3.19. The maximum atomic E-state index is 13.8. The lowest BCUT2D eigenvalue weighted by Gasteiger charge is -2.27. The number of nitrogens with zero attached hydrogens (tertiary/aromatic N) is 2. The second kappa shape index (κ2) is 30.6. The van der Waals surface area contributed by atoms with Crippen LogP contribution in [-0.4, -0.2) is 150 Å². The Morgan fingerprint density at radius 2 is 0.968 bits per heavy atom. The molecule has 62 heavy (non-hydrogen) atoms. The van der Waals surface area contributed by atoms with Crippen LogP contribution in [0.3, 0.4) is 0 Å². The number of carboxylic acids is 2. The van der Waals surface area contributed by atoms with E-state index in [-0.39, 0.29) is 69.3 Å². The molecule has 0 aliphatic rings. The Morgan fingerprint density at radius 1 is 0.565 bits per heavy atom. The zero-order valence-corrected chi connectivity index (χ0v) is 35.8. The van der Waals surface area contributed by atoms with Crippen LogP contribution in [0, 0.1) is 0 Å². The highest BCUT2D eigenvalue weighted by atomic mass is 32.2. The van der Waals surface area contributed by atoms with Crippen LogP contribution < -0.4 is 65.9 Å². The largest absolute Gasteiger partial charge is 0.481 e. The number of carbonyl (C=O) groups excluding carboxylic acids is 8. The summed E-state index contributed by atoms with van der Waals surface area (Å²) < 4.78 is 0. The molecule has 0 radical (unpaired) electrons. The van der Waals surface area contributed by atoms with Crippen LogP contribution in [0.25, 0.3) is 0 Å². The maximum absolute atomic E-state index is 13.8. The quantitative estimate of drug-likeness (QED) is 0.0170. The Kier molecular flexibility index (Phi) is 27.4. The Balaban J connectivity index is 6.51. The van der Waals surface area contributed by atoms with Gasteiger partial charge >= 0.3 is 11.9 Å². The SMILES string of the molecule is CN=C(N)NCCCC(NC(=O)C(CCCN=C(N)N)NC(=O)C(CCC(N)=O)NC(=O)C(CCSC)NC(=O)C(CCC(=O)O)NC(=O)C(CCC(=O)O)NC(C)=O)C(N)=O. The number of aliphatic imine (C=N–C) groups is 2. The number of nitrogens with one attached hydrogen (secondary N) is 7. The standard InChI is InChI=1S/C35H62N14O12S/c1-18(50)44-21(9-12-26(52)53)30(58)48-23(10-13-27(54)55)32(60)49-24(14-17-62-3)33(61)47-22(8-11-25(36)51)31(59)46-20(7-5-15-42-34(38)39)29(57)45-19(28(37)56)6-4-16-43-35(40)41-2/h19-24H,4-17H2,1-3H3,(H2,36,51)(H2,37,56)(H,44,50)(H,45,57)(H,46,59)(H,47,61)(H,48,58)(H,49,60)(H,52,53)(H,54,55)(H4,38,39,42)(H3,40,41,43). The smallest absolute Gasteiger partial charge is 0.303 e. The Morgan fingerprint density at radius 3 is 1.35 bits per heavy atom. The highest BCUT2D eigenvalue weighted by molar-refractivity contribution is 7.98. The van der Waals surface area contributed by atoms with Gasteiger partial charge in [0.05, 0.1) is 0 Å². The molecule has 0 saturated heterocycles. The second-order valence-corrected chi connectivity index (χ2v) is 14.7. The molecule has 0 aliphatic carbocycles. The van der Waals surface area contributed by atoms with Crippen molar-refractivity contribution in [3.8, 4) is 0 Å². The lowest BCUT2D eigenvalue weighted by Crippen LogP contribution is -2.59. The number of amides is 8.